The average molecular weight is 803 g/mol. The zero-order valence-corrected chi connectivity index (χ0v) is 36.1. The summed E-state index contributed by atoms with van der Waals surface area (Å²) in [5.74, 6) is 0. The third kappa shape index (κ3) is 5.68. The normalized spacial score (nSPS) is 12.9. The van der Waals surface area contributed by atoms with Crippen molar-refractivity contribution in [3.63, 3.8) is 0 Å². The maximum atomic E-state index is 2.49. The quantitative estimate of drug-likeness (QED) is 0.152. The largest absolute Gasteiger partial charge is 0.0620 e. The van der Waals surface area contributed by atoms with Crippen LogP contribution in [0.15, 0.2) is 206 Å². The van der Waals surface area contributed by atoms with Gasteiger partial charge in [0.1, 0.15) is 0 Å². The summed E-state index contributed by atoms with van der Waals surface area (Å²) >= 11 is 0. The minimum absolute atomic E-state index is 0.181. The van der Waals surface area contributed by atoms with Gasteiger partial charge in [0, 0.05) is 5.41 Å². The summed E-state index contributed by atoms with van der Waals surface area (Å²) in [6.07, 6.45) is 0. The number of fused-ring (bicyclic) bond motifs is 7. The Bertz CT molecular complexity index is 3540. The minimum atomic E-state index is -0.181. The second-order valence-electron chi connectivity index (χ2n) is 18.0. The van der Waals surface area contributed by atoms with E-state index in [0.717, 1.165) is 0 Å². The fourth-order valence-corrected chi connectivity index (χ4v) is 11.1. The Morgan fingerprint density at radius 3 is 0.968 bits per heavy atom. The van der Waals surface area contributed by atoms with Crippen LogP contribution in [0.2, 0.25) is 0 Å². The molecule has 1 aliphatic carbocycles. The SMILES string of the molecule is Cc1ccccc1-c1c2ccccc2c(-c2ccc(-c3ccc4c(c3)C(C)(C)c3cc(-c5c6ccccc6c(-c6ccccc6C)c6ccccc56)ccc3-4)cc2)c2ccccc12. The minimum Gasteiger partial charge on any atom is -0.0620 e. The van der Waals surface area contributed by atoms with E-state index in [0.29, 0.717) is 0 Å². The van der Waals surface area contributed by atoms with E-state index in [-0.39, 0.29) is 5.41 Å². The van der Waals surface area contributed by atoms with Crippen molar-refractivity contribution in [2.45, 2.75) is 33.1 Å². The molecule has 298 valence electrons. The van der Waals surface area contributed by atoms with Crippen molar-refractivity contribution in [3.8, 4) is 66.8 Å². The molecule has 12 rings (SSSR count). The van der Waals surface area contributed by atoms with E-state index in [1.54, 1.807) is 0 Å². The first-order valence-electron chi connectivity index (χ1n) is 22.3. The van der Waals surface area contributed by atoms with Crippen molar-refractivity contribution < 1.29 is 0 Å². The zero-order valence-electron chi connectivity index (χ0n) is 36.1. The van der Waals surface area contributed by atoms with Gasteiger partial charge >= 0.3 is 0 Å². The number of aryl methyl sites for hydroxylation is 2. The predicted molar refractivity (Wildman–Crippen MR) is 271 cm³/mol. The van der Waals surface area contributed by atoms with E-state index in [2.05, 4.69) is 234 Å². The van der Waals surface area contributed by atoms with Crippen LogP contribution in [-0.4, -0.2) is 0 Å². The molecule has 0 saturated carbocycles. The van der Waals surface area contributed by atoms with Gasteiger partial charge in [-0.1, -0.05) is 208 Å². The monoisotopic (exact) mass is 802 g/mol. The van der Waals surface area contributed by atoms with Crippen molar-refractivity contribution in [1.82, 2.24) is 0 Å². The molecule has 0 spiro atoms. The highest BCUT2D eigenvalue weighted by atomic mass is 14.4. The summed E-state index contributed by atoms with van der Waals surface area (Å²) in [5, 5.41) is 10.3. The topological polar surface area (TPSA) is 0 Å². The lowest BCUT2D eigenvalue weighted by Gasteiger charge is -2.23. The highest BCUT2D eigenvalue weighted by Gasteiger charge is 2.36. The van der Waals surface area contributed by atoms with E-state index < -0.39 is 0 Å². The Morgan fingerprint density at radius 2 is 0.556 bits per heavy atom. The first-order chi connectivity index (χ1) is 30.9. The van der Waals surface area contributed by atoms with Crippen LogP contribution >= 0.6 is 0 Å². The number of benzene rings is 11. The van der Waals surface area contributed by atoms with Gasteiger partial charge in [0.2, 0.25) is 0 Å². The maximum Gasteiger partial charge on any atom is 0.0159 e. The van der Waals surface area contributed by atoms with Crippen molar-refractivity contribution in [3.05, 3.63) is 229 Å². The molecule has 0 heteroatoms. The second-order valence-corrected chi connectivity index (χ2v) is 18.0. The van der Waals surface area contributed by atoms with E-state index in [4.69, 9.17) is 0 Å². The molecule has 11 aromatic carbocycles. The van der Waals surface area contributed by atoms with Gasteiger partial charge in [0.05, 0.1) is 0 Å². The standard InChI is InChI=1S/C63H46/c1-39-17-5-7-19-45(39)61-53-25-13-9-21-49(53)59(50-22-10-14-26-54(50)61)42-31-29-41(30-32-42)43-33-35-47-48-36-34-44(38-58(48)63(3,4)57(47)37-43)60-51-23-11-15-27-55(51)62(46-20-8-6-18-40(46)2)56-28-16-12-24-52(56)60/h5-38H,1-4H3. The van der Waals surface area contributed by atoms with Gasteiger partial charge < -0.3 is 0 Å². The van der Waals surface area contributed by atoms with E-state index in [1.807, 2.05) is 0 Å². The van der Waals surface area contributed by atoms with Crippen molar-refractivity contribution in [1.29, 1.82) is 0 Å². The van der Waals surface area contributed by atoms with Crippen molar-refractivity contribution in [2.75, 3.05) is 0 Å². The fraction of sp³-hybridized carbons (Fsp3) is 0.0794. The number of rotatable bonds is 5. The Labute approximate surface area is 369 Å². The predicted octanol–water partition coefficient (Wildman–Crippen LogP) is 17.6. The summed E-state index contributed by atoms with van der Waals surface area (Å²) in [6.45, 7) is 9.26. The Kier molecular flexibility index (Phi) is 8.43. The summed E-state index contributed by atoms with van der Waals surface area (Å²) in [4.78, 5) is 0. The average Bonchev–Trinajstić information content (AvgIpc) is 3.55. The lowest BCUT2D eigenvalue weighted by molar-refractivity contribution is 0.661. The van der Waals surface area contributed by atoms with Gasteiger partial charge in [-0.15, -0.1) is 0 Å². The molecule has 0 atom stereocenters. The molecule has 0 aromatic heterocycles. The van der Waals surface area contributed by atoms with Crippen LogP contribution in [0, 0.1) is 13.8 Å². The summed E-state index contributed by atoms with van der Waals surface area (Å²) in [7, 11) is 0. The molecule has 0 bridgehead atoms. The molecular weight excluding hydrogens is 757 g/mol. The first-order valence-corrected chi connectivity index (χ1v) is 22.3. The Morgan fingerprint density at radius 1 is 0.254 bits per heavy atom. The van der Waals surface area contributed by atoms with Gasteiger partial charge in [-0.2, -0.15) is 0 Å². The van der Waals surface area contributed by atoms with Gasteiger partial charge in [0.25, 0.3) is 0 Å². The molecule has 0 unspecified atom stereocenters. The van der Waals surface area contributed by atoms with Crippen LogP contribution in [0.5, 0.6) is 0 Å². The van der Waals surface area contributed by atoms with E-state index in [9.17, 15) is 0 Å². The van der Waals surface area contributed by atoms with Gasteiger partial charge in [-0.05, 0) is 158 Å². The lowest BCUT2D eigenvalue weighted by atomic mass is 9.79. The lowest BCUT2D eigenvalue weighted by Crippen LogP contribution is -2.15. The maximum absolute atomic E-state index is 2.49. The molecule has 0 aliphatic heterocycles. The molecule has 11 aromatic rings. The summed E-state index contributed by atoms with van der Waals surface area (Å²) in [6, 6.07) is 77.1. The van der Waals surface area contributed by atoms with E-state index >= 15 is 0 Å². The molecule has 0 nitrogen and oxygen atoms in total. The molecule has 0 heterocycles. The highest BCUT2D eigenvalue weighted by Crippen LogP contribution is 2.53. The third-order valence-corrected chi connectivity index (χ3v) is 14.2. The van der Waals surface area contributed by atoms with Gasteiger partial charge in [-0.3, -0.25) is 0 Å². The highest BCUT2D eigenvalue weighted by molar-refractivity contribution is 6.23. The molecule has 0 saturated heterocycles. The van der Waals surface area contributed by atoms with Crippen LogP contribution in [0.1, 0.15) is 36.1 Å². The summed E-state index contributed by atoms with van der Waals surface area (Å²) in [5.41, 5.74) is 20.6. The Balaban J connectivity index is 0.946. The zero-order chi connectivity index (χ0) is 42.4. The second kappa shape index (κ2) is 14.3. The van der Waals surface area contributed by atoms with Crippen LogP contribution < -0.4 is 0 Å². The molecule has 1 aliphatic rings. The number of hydrogen-bond donors (Lipinski definition) is 0. The van der Waals surface area contributed by atoms with Crippen LogP contribution in [0.4, 0.5) is 0 Å². The molecule has 0 fully saturated rings. The number of hydrogen-bond acceptors (Lipinski definition) is 0. The van der Waals surface area contributed by atoms with Crippen LogP contribution in [-0.2, 0) is 5.41 Å². The van der Waals surface area contributed by atoms with Crippen LogP contribution in [0.25, 0.3) is 110 Å². The molecule has 63 heavy (non-hydrogen) atoms. The molecule has 0 radical (unpaired) electrons. The smallest absolute Gasteiger partial charge is 0.0159 e. The van der Waals surface area contributed by atoms with Crippen molar-refractivity contribution >= 4 is 43.1 Å². The molecule has 0 amide bonds. The summed E-state index contributed by atoms with van der Waals surface area (Å²) < 4.78 is 0. The van der Waals surface area contributed by atoms with Gasteiger partial charge in [0.15, 0.2) is 0 Å². The van der Waals surface area contributed by atoms with Crippen LogP contribution in [0.3, 0.4) is 0 Å². The third-order valence-electron chi connectivity index (χ3n) is 14.2. The van der Waals surface area contributed by atoms with Gasteiger partial charge in [-0.25, -0.2) is 0 Å². The van der Waals surface area contributed by atoms with E-state index in [1.165, 1.54) is 132 Å². The Hall–Kier alpha value is -7.54. The first kappa shape index (κ1) is 37.2. The molecular formula is C63H46. The molecule has 0 N–H and O–H groups in total. The fourth-order valence-electron chi connectivity index (χ4n) is 11.1. The van der Waals surface area contributed by atoms with Crippen molar-refractivity contribution in [2.24, 2.45) is 0 Å².